The number of amides is 1. The van der Waals surface area contributed by atoms with E-state index >= 15 is 0 Å². The molecular formula is C27H31ClN2O5S. The average molecular weight is 531 g/mol. The molecule has 192 valence electrons. The molecule has 3 aromatic rings. The highest BCUT2D eigenvalue weighted by atomic mass is 35.5. The first kappa shape index (κ1) is 27.4. The van der Waals surface area contributed by atoms with E-state index in [2.05, 4.69) is 12.2 Å². The molecule has 0 atom stereocenters. The summed E-state index contributed by atoms with van der Waals surface area (Å²) >= 11 is 6.10. The van der Waals surface area contributed by atoms with Crippen molar-refractivity contribution in [2.75, 3.05) is 30.8 Å². The van der Waals surface area contributed by atoms with Gasteiger partial charge in [-0.15, -0.1) is 0 Å². The van der Waals surface area contributed by atoms with E-state index in [0.717, 1.165) is 24.8 Å². The molecule has 0 radical (unpaired) electrons. The lowest BCUT2D eigenvalue weighted by Crippen LogP contribution is -2.30. The first-order valence-electron chi connectivity index (χ1n) is 11.6. The fraction of sp³-hybridized carbons (Fsp3) is 0.296. The lowest BCUT2D eigenvalue weighted by molar-refractivity contribution is 0.0947. The van der Waals surface area contributed by atoms with E-state index in [1.165, 1.54) is 17.0 Å². The molecule has 0 saturated carbocycles. The minimum Gasteiger partial charge on any atom is -0.495 e. The van der Waals surface area contributed by atoms with Crippen LogP contribution in [0.5, 0.6) is 11.5 Å². The molecule has 0 unspecified atom stereocenters. The summed E-state index contributed by atoms with van der Waals surface area (Å²) in [5.41, 5.74) is 2.78. The molecule has 0 fully saturated rings. The second kappa shape index (κ2) is 12.6. The van der Waals surface area contributed by atoms with Crippen LogP contribution in [0.3, 0.4) is 0 Å². The van der Waals surface area contributed by atoms with Crippen LogP contribution in [-0.2, 0) is 23.0 Å². The molecule has 1 N–H and O–H groups in total. The van der Waals surface area contributed by atoms with Gasteiger partial charge in [-0.3, -0.25) is 9.10 Å². The van der Waals surface area contributed by atoms with E-state index < -0.39 is 10.0 Å². The Morgan fingerprint density at radius 3 is 2.28 bits per heavy atom. The van der Waals surface area contributed by atoms with Crippen LogP contribution in [0.2, 0.25) is 5.02 Å². The zero-order valence-corrected chi connectivity index (χ0v) is 22.2. The van der Waals surface area contributed by atoms with Crippen LogP contribution < -0.4 is 19.1 Å². The van der Waals surface area contributed by atoms with Gasteiger partial charge in [-0.05, 0) is 60.0 Å². The van der Waals surface area contributed by atoms with Gasteiger partial charge in [0.1, 0.15) is 18.1 Å². The van der Waals surface area contributed by atoms with Crippen molar-refractivity contribution in [3.05, 3.63) is 88.4 Å². The van der Waals surface area contributed by atoms with E-state index in [-0.39, 0.29) is 12.5 Å². The summed E-state index contributed by atoms with van der Waals surface area (Å²) in [4.78, 5) is 12.5. The van der Waals surface area contributed by atoms with E-state index in [4.69, 9.17) is 21.1 Å². The predicted octanol–water partition coefficient (Wildman–Crippen LogP) is 5.08. The predicted molar refractivity (Wildman–Crippen MR) is 144 cm³/mol. The van der Waals surface area contributed by atoms with Gasteiger partial charge in [0.25, 0.3) is 5.91 Å². The van der Waals surface area contributed by atoms with E-state index in [0.29, 0.717) is 40.7 Å². The molecular weight excluding hydrogens is 500 g/mol. The van der Waals surface area contributed by atoms with Gasteiger partial charge in [0.05, 0.1) is 32.1 Å². The number of anilines is 1. The van der Waals surface area contributed by atoms with Crippen molar-refractivity contribution >= 4 is 33.2 Å². The number of aryl methyl sites for hydroxylation is 1. The second-order valence-corrected chi connectivity index (χ2v) is 10.6. The minimum atomic E-state index is -3.63. The molecule has 0 bridgehead atoms. The molecule has 0 aromatic heterocycles. The second-order valence-electron chi connectivity index (χ2n) is 8.28. The van der Waals surface area contributed by atoms with Gasteiger partial charge in [-0.1, -0.05) is 49.2 Å². The monoisotopic (exact) mass is 530 g/mol. The number of nitrogens with one attached hydrogen (secondary N) is 1. The molecule has 0 spiro atoms. The normalized spacial score (nSPS) is 11.1. The van der Waals surface area contributed by atoms with Gasteiger partial charge >= 0.3 is 0 Å². The zero-order valence-electron chi connectivity index (χ0n) is 20.7. The molecule has 3 aromatic carbocycles. The van der Waals surface area contributed by atoms with Crippen molar-refractivity contribution < 1.29 is 22.7 Å². The highest BCUT2D eigenvalue weighted by molar-refractivity contribution is 7.92. The number of carbonyl (C=O) groups excluding carboxylic acids is 1. The maximum atomic E-state index is 12.5. The summed E-state index contributed by atoms with van der Waals surface area (Å²) in [6.45, 7) is 2.90. The summed E-state index contributed by atoms with van der Waals surface area (Å²) in [5.74, 6) is 0.917. The maximum Gasteiger partial charge on any atom is 0.251 e. The van der Waals surface area contributed by atoms with Crippen molar-refractivity contribution in [3.63, 3.8) is 0 Å². The van der Waals surface area contributed by atoms with Crippen LogP contribution in [0.4, 0.5) is 5.69 Å². The fourth-order valence-corrected chi connectivity index (χ4v) is 4.69. The van der Waals surface area contributed by atoms with Gasteiger partial charge in [-0.25, -0.2) is 8.42 Å². The molecule has 0 aliphatic carbocycles. The van der Waals surface area contributed by atoms with Crippen molar-refractivity contribution in [2.24, 2.45) is 0 Å². The van der Waals surface area contributed by atoms with E-state index in [1.54, 1.807) is 42.5 Å². The van der Waals surface area contributed by atoms with Crippen LogP contribution >= 0.6 is 11.6 Å². The van der Waals surface area contributed by atoms with Crippen LogP contribution in [-0.4, -0.2) is 40.8 Å². The molecule has 7 nitrogen and oxygen atoms in total. The molecule has 9 heteroatoms. The number of ether oxygens (including phenoxy) is 2. The Hall–Kier alpha value is -3.23. The van der Waals surface area contributed by atoms with Gasteiger partial charge < -0.3 is 14.8 Å². The number of methoxy groups -OCH3 is 1. The summed E-state index contributed by atoms with van der Waals surface area (Å²) < 4.78 is 37.3. The number of halogens is 1. The Kier molecular flexibility index (Phi) is 9.61. The van der Waals surface area contributed by atoms with Crippen LogP contribution in [0.1, 0.15) is 34.8 Å². The standard InChI is InChI=1S/C27H31ClN2O5S/c1-4-5-20-8-13-24(14-9-20)35-17-16-29-27(31)22-10-6-21(7-11-22)19-30(36(3,32)33)25-18-23(28)12-15-26(25)34-2/h6-15,18H,4-5,16-17,19H2,1-3H3,(H,29,31). The number of carbonyl (C=O) groups is 1. The first-order valence-corrected chi connectivity index (χ1v) is 13.8. The van der Waals surface area contributed by atoms with Crippen molar-refractivity contribution in [2.45, 2.75) is 26.3 Å². The minimum absolute atomic E-state index is 0.0579. The Labute approximate surface area is 218 Å². The van der Waals surface area contributed by atoms with E-state index in [9.17, 15) is 13.2 Å². The Morgan fingerprint density at radius 1 is 1.00 bits per heavy atom. The highest BCUT2D eigenvalue weighted by Gasteiger charge is 2.22. The molecule has 0 aliphatic heterocycles. The topological polar surface area (TPSA) is 84.9 Å². The number of rotatable bonds is 12. The first-order chi connectivity index (χ1) is 17.2. The number of benzene rings is 3. The van der Waals surface area contributed by atoms with E-state index in [1.807, 2.05) is 24.3 Å². The molecule has 0 heterocycles. The summed E-state index contributed by atoms with van der Waals surface area (Å²) in [7, 11) is -2.17. The highest BCUT2D eigenvalue weighted by Crippen LogP contribution is 2.33. The third-order valence-electron chi connectivity index (χ3n) is 5.47. The smallest absolute Gasteiger partial charge is 0.251 e. The van der Waals surface area contributed by atoms with Crippen molar-refractivity contribution in [1.82, 2.24) is 5.32 Å². The lowest BCUT2D eigenvalue weighted by atomic mass is 10.1. The number of hydrogen-bond donors (Lipinski definition) is 1. The number of sulfonamides is 1. The number of hydrogen-bond acceptors (Lipinski definition) is 5. The molecule has 3 rings (SSSR count). The Bertz CT molecular complexity index is 1260. The van der Waals surface area contributed by atoms with Crippen LogP contribution in [0.25, 0.3) is 0 Å². The summed E-state index contributed by atoms with van der Waals surface area (Å²) in [6, 6.07) is 19.5. The maximum absolute atomic E-state index is 12.5. The Balaban J connectivity index is 1.58. The molecule has 36 heavy (non-hydrogen) atoms. The third-order valence-corrected chi connectivity index (χ3v) is 6.83. The van der Waals surface area contributed by atoms with Crippen LogP contribution in [0, 0.1) is 0 Å². The number of nitrogens with zero attached hydrogens (tertiary/aromatic N) is 1. The van der Waals surface area contributed by atoms with Gasteiger partial charge in [0.2, 0.25) is 10.0 Å². The largest absolute Gasteiger partial charge is 0.495 e. The summed E-state index contributed by atoms with van der Waals surface area (Å²) in [6.07, 6.45) is 3.26. The quantitative estimate of drug-likeness (QED) is 0.330. The molecule has 1 amide bonds. The van der Waals surface area contributed by atoms with Gasteiger partial charge in [0, 0.05) is 10.6 Å². The molecule has 0 aliphatic rings. The summed E-state index contributed by atoms with van der Waals surface area (Å²) in [5, 5.41) is 3.22. The zero-order chi connectivity index (χ0) is 26.1. The van der Waals surface area contributed by atoms with Gasteiger partial charge in [0.15, 0.2) is 0 Å². The van der Waals surface area contributed by atoms with Crippen molar-refractivity contribution in [3.8, 4) is 11.5 Å². The van der Waals surface area contributed by atoms with Crippen molar-refractivity contribution in [1.29, 1.82) is 0 Å². The molecule has 0 saturated heterocycles. The average Bonchev–Trinajstić information content (AvgIpc) is 2.86. The van der Waals surface area contributed by atoms with Gasteiger partial charge in [-0.2, -0.15) is 0 Å². The van der Waals surface area contributed by atoms with Crippen LogP contribution in [0.15, 0.2) is 66.7 Å². The third kappa shape index (κ3) is 7.63. The lowest BCUT2D eigenvalue weighted by Gasteiger charge is -2.24. The SMILES string of the molecule is CCCc1ccc(OCCNC(=O)c2ccc(CN(c3cc(Cl)ccc3OC)S(C)(=O)=O)cc2)cc1. The Morgan fingerprint density at radius 2 is 1.67 bits per heavy atom. The fourth-order valence-electron chi connectivity index (χ4n) is 3.64.